The predicted molar refractivity (Wildman–Crippen MR) is 68.8 cm³/mol. The molecule has 0 unspecified atom stereocenters. The lowest BCUT2D eigenvalue weighted by Crippen LogP contribution is -2.17. The van der Waals surface area contributed by atoms with E-state index in [2.05, 4.69) is 5.32 Å². The maximum absolute atomic E-state index is 11.4. The molecule has 1 fully saturated rings. The van der Waals surface area contributed by atoms with Crippen LogP contribution in [0, 0.1) is 0 Å². The number of allylic oxidation sites excluding steroid dienone is 2. The smallest absolute Gasteiger partial charge is 0.263 e. The lowest BCUT2D eigenvalue weighted by Gasteiger charge is -1.93. The van der Waals surface area contributed by atoms with Crippen molar-refractivity contribution in [2.45, 2.75) is 6.92 Å². The maximum Gasteiger partial charge on any atom is 0.263 e. The molecule has 1 aromatic heterocycles. The van der Waals surface area contributed by atoms with Crippen molar-refractivity contribution >= 4 is 40.3 Å². The van der Waals surface area contributed by atoms with Crippen LogP contribution < -0.4 is 5.32 Å². The van der Waals surface area contributed by atoms with Crippen LogP contribution in [0.3, 0.4) is 0 Å². The van der Waals surface area contributed by atoms with Crippen LogP contribution in [0.2, 0.25) is 0 Å². The highest BCUT2D eigenvalue weighted by Crippen LogP contribution is 2.25. The van der Waals surface area contributed by atoms with Gasteiger partial charge in [-0.2, -0.15) is 0 Å². The average molecular weight is 251 g/mol. The van der Waals surface area contributed by atoms with Crippen LogP contribution >= 0.6 is 24.0 Å². The number of carbonyl (C=O) groups is 1. The molecule has 0 aliphatic carbocycles. The standard InChI is InChI=1S/C11H9NO2S2/c1-7(5-8-3-2-4-14-8)6-9-10(13)12-11(15)16-9/h2-6H,1H3,(H,12,13,15). The first-order chi connectivity index (χ1) is 7.65. The Labute approximate surface area is 103 Å². The average Bonchev–Trinajstić information content (AvgIpc) is 2.78. The van der Waals surface area contributed by atoms with Crippen LogP contribution in [0.15, 0.2) is 39.4 Å². The topological polar surface area (TPSA) is 42.2 Å². The second kappa shape index (κ2) is 4.67. The number of hydrogen-bond acceptors (Lipinski definition) is 4. The molecule has 5 heteroatoms. The van der Waals surface area contributed by atoms with Gasteiger partial charge in [0.05, 0.1) is 11.2 Å². The molecular weight excluding hydrogens is 242 g/mol. The second-order valence-electron chi connectivity index (χ2n) is 3.26. The number of hydrogen-bond donors (Lipinski definition) is 1. The molecule has 2 rings (SSSR count). The van der Waals surface area contributed by atoms with E-state index in [1.807, 2.05) is 25.1 Å². The number of thioether (sulfide) groups is 1. The lowest BCUT2D eigenvalue weighted by atomic mass is 10.2. The van der Waals surface area contributed by atoms with Gasteiger partial charge >= 0.3 is 0 Å². The first-order valence-corrected chi connectivity index (χ1v) is 5.84. The number of amides is 1. The molecule has 0 atom stereocenters. The Kier molecular flexibility index (Phi) is 3.26. The Morgan fingerprint density at radius 3 is 3.00 bits per heavy atom. The molecule has 2 heterocycles. The van der Waals surface area contributed by atoms with E-state index in [9.17, 15) is 4.79 Å². The van der Waals surface area contributed by atoms with Gasteiger partial charge < -0.3 is 9.73 Å². The zero-order valence-electron chi connectivity index (χ0n) is 8.52. The molecule has 1 saturated heterocycles. The quantitative estimate of drug-likeness (QED) is 0.648. The molecule has 1 aliphatic heterocycles. The van der Waals surface area contributed by atoms with E-state index in [-0.39, 0.29) is 5.91 Å². The van der Waals surface area contributed by atoms with Gasteiger partial charge in [-0.1, -0.05) is 24.0 Å². The van der Waals surface area contributed by atoms with E-state index >= 15 is 0 Å². The van der Waals surface area contributed by atoms with Crippen molar-refractivity contribution in [1.29, 1.82) is 0 Å². The van der Waals surface area contributed by atoms with Crippen molar-refractivity contribution < 1.29 is 9.21 Å². The minimum atomic E-state index is -0.137. The SMILES string of the molecule is CC(=Cc1ccco1)C=C1SC(=S)NC1=O. The van der Waals surface area contributed by atoms with Crippen LogP contribution in [-0.2, 0) is 4.79 Å². The molecule has 3 nitrogen and oxygen atoms in total. The fourth-order valence-corrected chi connectivity index (χ4v) is 2.36. The van der Waals surface area contributed by atoms with Crippen molar-refractivity contribution in [3.8, 4) is 0 Å². The summed E-state index contributed by atoms with van der Waals surface area (Å²) in [5.41, 5.74) is 0.942. The fraction of sp³-hybridized carbons (Fsp3) is 0.0909. The third-order valence-electron chi connectivity index (χ3n) is 1.91. The predicted octanol–water partition coefficient (Wildman–Crippen LogP) is 2.71. The number of carbonyl (C=O) groups excluding carboxylic acids is 1. The highest BCUT2D eigenvalue weighted by atomic mass is 32.2. The summed E-state index contributed by atoms with van der Waals surface area (Å²) in [6, 6.07) is 3.67. The van der Waals surface area contributed by atoms with E-state index in [1.165, 1.54) is 11.8 Å². The van der Waals surface area contributed by atoms with Crippen molar-refractivity contribution in [2.75, 3.05) is 0 Å². The lowest BCUT2D eigenvalue weighted by molar-refractivity contribution is -0.115. The van der Waals surface area contributed by atoms with E-state index in [0.29, 0.717) is 9.23 Å². The van der Waals surface area contributed by atoms with Gasteiger partial charge in [-0.15, -0.1) is 0 Å². The summed E-state index contributed by atoms with van der Waals surface area (Å²) in [7, 11) is 0. The van der Waals surface area contributed by atoms with Crippen LogP contribution in [0.4, 0.5) is 0 Å². The Morgan fingerprint density at radius 1 is 1.62 bits per heavy atom. The first kappa shape index (κ1) is 11.2. The van der Waals surface area contributed by atoms with Crippen LogP contribution in [0.1, 0.15) is 12.7 Å². The zero-order valence-corrected chi connectivity index (χ0v) is 10.2. The van der Waals surface area contributed by atoms with Crippen molar-refractivity contribution in [2.24, 2.45) is 0 Å². The van der Waals surface area contributed by atoms with Gasteiger partial charge in [-0.05, 0) is 36.8 Å². The van der Waals surface area contributed by atoms with Gasteiger partial charge in [0.2, 0.25) is 0 Å². The summed E-state index contributed by atoms with van der Waals surface area (Å²) in [6.45, 7) is 1.91. The molecule has 0 radical (unpaired) electrons. The Morgan fingerprint density at radius 2 is 2.44 bits per heavy atom. The molecule has 1 aromatic rings. The van der Waals surface area contributed by atoms with Crippen LogP contribution in [-0.4, -0.2) is 10.2 Å². The minimum Gasteiger partial charge on any atom is -0.465 e. The summed E-state index contributed by atoms with van der Waals surface area (Å²) in [5, 5.41) is 2.57. The number of nitrogens with one attached hydrogen (secondary N) is 1. The van der Waals surface area contributed by atoms with Crippen LogP contribution in [0.25, 0.3) is 6.08 Å². The zero-order chi connectivity index (χ0) is 11.5. The highest BCUT2D eigenvalue weighted by molar-refractivity contribution is 8.26. The van der Waals surface area contributed by atoms with Gasteiger partial charge in [0.1, 0.15) is 10.1 Å². The maximum atomic E-state index is 11.4. The molecule has 1 N–H and O–H groups in total. The van der Waals surface area contributed by atoms with Gasteiger partial charge in [0.25, 0.3) is 5.91 Å². The molecule has 0 saturated carbocycles. The molecule has 0 aromatic carbocycles. The molecule has 0 bridgehead atoms. The Balaban J connectivity index is 2.18. The van der Waals surface area contributed by atoms with Crippen molar-refractivity contribution in [3.05, 3.63) is 40.7 Å². The third-order valence-corrected chi connectivity index (χ3v) is 3.08. The number of furan rings is 1. The van der Waals surface area contributed by atoms with Gasteiger partial charge in [-0.3, -0.25) is 4.79 Å². The van der Waals surface area contributed by atoms with E-state index in [1.54, 1.807) is 12.3 Å². The summed E-state index contributed by atoms with van der Waals surface area (Å²) < 4.78 is 5.68. The number of rotatable bonds is 2. The normalized spacial score (nSPS) is 19.3. The highest BCUT2D eigenvalue weighted by Gasteiger charge is 2.21. The molecule has 1 amide bonds. The monoisotopic (exact) mass is 251 g/mol. The summed E-state index contributed by atoms with van der Waals surface area (Å²) >= 11 is 6.17. The Hall–Kier alpha value is -1.33. The largest absolute Gasteiger partial charge is 0.465 e. The third kappa shape index (κ3) is 2.62. The van der Waals surface area contributed by atoms with E-state index in [0.717, 1.165) is 11.3 Å². The molecule has 16 heavy (non-hydrogen) atoms. The summed E-state index contributed by atoms with van der Waals surface area (Å²) in [5.74, 6) is 0.627. The molecule has 1 aliphatic rings. The number of thiocarbonyl (C=S) groups is 1. The van der Waals surface area contributed by atoms with Crippen molar-refractivity contribution in [3.63, 3.8) is 0 Å². The fourth-order valence-electron chi connectivity index (χ4n) is 1.27. The minimum absolute atomic E-state index is 0.137. The van der Waals surface area contributed by atoms with Gasteiger partial charge in [0, 0.05) is 0 Å². The second-order valence-corrected chi connectivity index (χ2v) is 4.97. The molecule has 82 valence electrons. The van der Waals surface area contributed by atoms with Crippen LogP contribution in [0.5, 0.6) is 0 Å². The Bertz CT molecular complexity index is 486. The van der Waals surface area contributed by atoms with E-state index in [4.69, 9.17) is 16.6 Å². The molecule has 0 spiro atoms. The van der Waals surface area contributed by atoms with E-state index < -0.39 is 0 Å². The van der Waals surface area contributed by atoms with Gasteiger partial charge in [-0.25, -0.2) is 0 Å². The molecular formula is C11H9NO2S2. The van der Waals surface area contributed by atoms with Crippen molar-refractivity contribution in [1.82, 2.24) is 5.32 Å². The van der Waals surface area contributed by atoms with Gasteiger partial charge in [0.15, 0.2) is 0 Å². The summed E-state index contributed by atoms with van der Waals surface area (Å²) in [6.07, 6.45) is 5.27. The summed E-state index contributed by atoms with van der Waals surface area (Å²) in [4.78, 5) is 12.0. The first-order valence-electron chi connectivity index (χ1n) is 4.62.